The van der Waals surface area contributed by atoms with Gasteiger partial charge in [0.2, 0.25) is 5.43 Å². The van der Waals surface area contributed by atoms with Crippen molar-refractivity contribution >= 4 is 27.7 Å². The van der Waals surface area contributed by atoms with Crippen molar-refractivity contribution in [2.75, 3.05) is 6.26 Å². The fraction of sp³-hybridized carbons (Fsp3) is 0.125. The van der Waals surface area contributed by atoms with Crippen molar-refractivity contribution < 1.29 is 18.5 Å². The third-order valence-electron chi connectivity index (χ3n) is 3.60. The molecule has 2 aromatic heterocycles. The van der Waals surface area contributed by atoms with Gasteiger partial charge < -0.3 is 9.67 Å². The predicted octanol–water partition coefficient (Wildman–Crippen LogP) is 1.41. The molecule has 1 aromatic carbocycles. The molecule has 0 amide bonds. The monoisotopic (exact) mass is 361 g/mol. The van der Waals surface area contributed by atoms with Crippen molar-refractivity contribution in [3.63, 3.8) is 0 Å². The van der Waals surface area contributed by atoms with Crippen LogP contribution < -0.4 is 5.43 Å². The van der Waals surface area contributed by atoms with Gasteiger partial charge in [-0.15, -0.1) is 5.10 Å². The van der Waals surface area contributed by atoms with Crippen LogP contribution in [0.4, 0.5) is 4.39 Å². The van der Waals surface area contributed by atoms with Crippen LogP contribution in [0.1, 0.15) is 16.1 Å². The van der Waals surface area contributed by atoms with Crippen LogP contribution in [0.2, 0.25) is 0 Å². The summed E-state index contributed by atoms with van der Waals surface area (Å²) >= 11 is 0. The van der Waals surface area contributed by atoms with E-state index in [0.717, 1.165) is 6.20 Å². The molecule has 128 valence electrons. The first kappa shape index (κ1) is 16.9. The first-order valence-electron chi connectivity index (χ1n) is 7.09. The zero-order chi connectivity index (χ0) is 18.1. The van der Waals surface area contributed by atoms with Crippen molar-refractivity contribution in [3.05, 3.63) is 63.8 Å². The number of hydrogen-bond donors (Lipinski definition) is 1. The smallest absolute Gasteiger partial charge is 0.341 e. The normalized spacial score (nSPS) is 12.2. The Kier molecular flexibility index (Phi) is 4.41. The second-order valence-corrected chi connectivity index (χ2v) is 6.58. The van der Waals surface area contributed by atoms with Crippen LogP contribution >= 0.6 is 0 Å². The van der Waals surface area contributed by atoms with Gasteiger partial charge in [0.05, 0.1) is 28.6 Å². The van der Waals surface area contributed by atoms with Crippen molar-refractivity contribution in [1.29, 1.82) is 0 Å². The molecule has 0 saturated heterocycles. The van der Waals surface area contributed by atoms with E-state index in [1.54, 1.807) is 6.07 Å². The van der Waals surface area contributed by atoms with E-state index in [2.05, 4.69) is 10.2 Å². The van der Waals surface area contributed by atoms with Crippen LogP contribution in [0.3, 0.4) is 0 Å². The number of aromatic carboxylic acids is 1. The predicted molar refractivity (Wildman–Crippen MR) is 88.6 cm³/mol. The van der Waals surface area contributed by atoms with Gasteiger partial charge in [0.25, 0.3) is 0 Å². The molecule has 25 heavy (non-hydrogen) atoms. The summed E-state index contributed by atoms with van der Waals surface area (Å²) in [5.41, 5.74) is -0.820. The largest absolute Gasteiger partial charge is 0.477 e. The van der Waals surface area contributed by atoms with Crippen LogP contribution in [0.5, 0.6) is 0 Å². The highest BCUT2D eigenvalue weighted by Gasteiger charge is 2.17. The number of pyridine rings is 1. The number of rotatable bonds is 4. The number of benzene rings is 1. The Hall–Kier alpha value is -2.94. The molecule has 0 aliphatic carbocycles. The van der Waals surface area contributed by atoms with Gasteiger partial charge in [-0.05, 0) is 24.3 Å². The van der Waals surface area contributed by atoms with Crippen LogP contribution in [0.15, 0.2) is 46.3 Å². The lowest BCUT2D eigenvalue weighted by atomic mass is 10.1. The van der Waals surface area contributed by atoms with E-state index in [-0.39, 0.29) is 17.4 Å². The summed E-state index contributed by atoms with van der Waals surface area (Å²) in [6, 6.07) is 7.00. The quantitative estimate of drug-likeness (QED) is 0.754. The summed E-state index contributed by atoms with van der Waals surface area (Å²) in [5, 5.41) is 17.2. The Bertz CT molecular complexity index is 1060. The lowest BCUT2D eigenvalue weighted by molar-refractivity contribution is 0.0695. The number of hydrogen-bond acceptors (Lipinski definition) is 5. The highest BCUT2D eigenvalue weighted by atomic mass is 32.2. The van der Waals surface area contributed by atoms with Crippen molar-refractivity contribution in [1.82, 2.24) is 14.8 Å². The van der Waals surface area contributed by atoms with E-state index in [1.165, 1.54) is 35.1 Å². The van der Waals surface area contributed by atoms with E-state index < -0.39 is 33.6 Å². The SMILES string of the molecule is CS(=O)c1ccc(Cn2cc(C(=O)O)c(=O)c3cccc(F)c32)nn1. The Morgan fingerprint density at radius 3 is 2.64 bits per heavy atom. The van der Waals surface area contributed by atoms with Crippen molar-refractivity contribution in [3.8, 4) is 0 Å². The fourth-order valence-corrected chi connectivity index (χ4v) is 2.87. The maximum absolute atomic E-state index is 14.2. The van der Waals surface area contributed by atoms with Crippen molar-refractivity contribution in [2.45, 2.75) is 11.6 Å². The standard InChI is InChI=1S/C16H12FN3O4S/c1-25(24)13-6-5-9(18-19-13)7-20-8-11(16(22)23)15(21)10-3-2-4-12(17)14(10)20/h2-6,8H,7H2,1H3,(H,22,23). The number of halogens is 1. The summed E-state index contributed by atoms with van der Waals surface area (Å²) in [5.74, 6) is -2.04. The number of aromatic nitrogens is 3. The summed E-state index contributed by atoms with van der Waals surface area (Å²) in [7, 11) is -1.28. The first-order chi connectivity index (χ1) is 11.9. The highest BCUT2D eigenvalue weighted by molar-refractivity contribution is 7.84. The molecule has 0 fully saturated rings. The molecule has 9 heteroatoms. The fourth-order valence-electron chi connectivity index (χ4n) is 2.45. The van der Waals surface area contributed by atoms with Crippen LogP contribution in [-0.2, 0) is 17.3 Å². The average Bonchev–Trinajstić information content (AvgIpc) is 2.57. The number of fused-ring (bicyclic) bond motifs is 1. The van der Waals surface area contributed by atoms with E-state index in [0.29, 0.717) is 10.7 Å². The molecule has 0 bridgehead atoms. The molecule has 0 radical (unpaired) electrons. The Morgan fingerprint density at radius 2 is 2.04 bits per heavy atom. The minimum Gasteiger partial charge on any atom is -0.477 e. The molecular formula is C16H12FN3O4S. The lowest BCUT2D eigenvalue weighted by Crippen LogP contribution is -2.20. The number of carboxylic acid groups (broad SMARTS) is 1. The molecule has 0 aliphatic rings. The van der Waals surface area contributed by atoms with E-state index in [1.807, 2.05) is 0 Å². The molecule has 7 nitrogen and oxygen atoms in total. The van der Waals surface area contributed by atoms with Crippen LogP contribution in [0, 0.1) is 5.82 Å². The Balaban J connectivity index is 2.17. The topological polar surface area (TPSA) is 102 Å². The molecule has 0 spiro atoms. The Morgan fingerprint density at radius 1 is 1.28 bits per heavy atom. The van der Waals surface area contributed by atoms with Gasteiger partial charge in [-0.2, -0.15) is 5.10 Å². The number of carbonyl (C=O) groups is 1. The van der Waals surface area contributed by atoms with E-state index in [9.17, 15) is 23.3 Å². The number of para-hydroxylation sites is 1. The van der Waals surface area contributed by atoms with Crippen LogP contribution in [-0.4, -0.2) is 36.3 Å². The van der Waals surface area contributed by atoms with Crippen molar-refractivity contribution in [2.24, 2.45) is 0 Å². The van der Waals surface area contributed by atoms with Gasteiger partial charge in [0.15, 0.2) is 0 Å². The van der Waals surface area contributed by atoms with E-state index >= 15 is 0 Å². The number of nitrogens with zero attached hydrogens (tertiary/aromatic N) is 3. The molecule has 2 heterocycles. The molecule has 3 rings (SSSR count). The van der Waals surface area contributed by atoms with Crippen LogP contribution in [0.25, 0.3) is 10.9 Å². The summed E-state index contributed by atoms with van der Waals surface area (Å²) < 4.78 is 26.9. The molecular weight excluding hydrogens is 349 g/mol. The van der Waals surface area contributed by atoms with E-state index in [4.69, 9.17) is 0 Å². The maximum atomic E-state index is 14.2. The highest BCUT2D eigenvalue weighted by Crippen LogP contribution is 2.17. The lowest BCUT2D eigenvalue weighted by Gasteiger charge is -2.12. The Labute approximate surface area is 143 Å². The molecule has 0 saturated carbocycles. The van der Waals surface area contributed by atoms with Gasteiger partial charge in [-0.1, -0.05) is 6.07 Å². The zero-order valence-electron chi connectivity index (χ0n) is 13.0. The average molecular weight is 361 g/mol. The second kappa shape index (κ2) is 6.52. The van der Waals surface area contributed by atoms with Gasteiger partial charge in [-0.3, -0.25) is 9.00 Å². The first-order valence-corrected chi connectivity index (χ1v) is 8.65. The van der Waals surface area contributed by atoms with Gasteiger partial charge in [-0.25, -0.2) is 9.18 Å². The zero-order valence-corrected chi connectivity index (χ0v) is 13.8. The van der Waals surface area contributed by atoms with Gasteiger partial charge in [0.1, 0.15) is 16.4 Å². The molecule has 3 aromatic rings. The minimum absolute atomic E-state index is 0.00161. The summed E-state index contributed by atoms with van der Waals surface area (Å²) in [6.07, 6.45) is 2.55. The molecule has 1 atom stereocenters. The van der Waals surface area contributed by atoms with Gasteiger partial charge >= 0.3 is 5.97 Å². The molecule has 1 N–H and O–H groups in total. The number of carboxylic acids is 1. The summed E-state index contributed by atoms with van der Waals surface area (Å²) in [6.45, 7) is 0.00161. The third-order valence-corrected chi connectivity index (χ3v) is 4.41. The molecule has 1 unspecified atom stereocenters. The maximum Gasteiger partial charge on any atom is 0.341 e. The minimum atomic E-state index is -1.40. The third kappa shape index (κ3) is 3.18. The summed E-state index contributed by atoms with van der Waals surface area (Å²) in [4.78, 5) is 23.5. The van der Waals surface area contributed by atoms with Gasteiger partial charge in [0, 0.05) is 17.8 Å². The molecule has 0 aliphatic heterocycles. The second-order valence-electron chi connectivity index (χ2n) is 5.26.